The fourth-order valence-corrected chi connectivity index (χ4v) is 12.0. The molecular formula is C61H83N11O13Si. The molecule has 6 aromatic rings. The summed E-state index contributed by atoms with van der Waals surface area (Å²) in [6, 6.07) is 16.8. The number of carbonyl (C=O) groups is 3. The fraction of sp³-hybridized carbons (Fsp3) is 0.508. The van der Waals surface area contributed by atoms with E-state index in [1.165, 1.54) is 36.6 Å². The van der Waals surface area contributed by atoms with Gasteiger partial charge in [0.2, 0.25) is 17.8 Å². The molecule has 2 saturated heterocycles. The van der Waals surface area contributed by atoms with Crippen LogP contribution in [0.2, 0.25) is 18.1 Å². The number of unbranched alkanes of at least 4 members (excludes halogenated alkanes) is 2. The molecule has 6 atom stereocenters. The van der Waals surface area contributed by atoms with Gasteiger partial charge in [-0.15, -0.1) is 0 Å². The largest absolute Gasteiger partial charge is 0.494 e. The van der Waals surface area contributed by atoms with Gasteiger partial charge in [-0.25, -0.2) is 4.98 Å². The summed E-state index contributed by atoms with van der Waals surface area (Å²) in [4.78, 5) is 56.0. The van der Waals surface area contributed by atoms with Crippen LogP contribution in [0.15, 0.2) is 72.8 Å². The number of fused-ring (bicyclic) bond motifs is 2. The highest BCUT2D eigenvalue weighted by atomic mass is 28.4. The molecule has 0 radical (unpaired) electrons. The van der Waals surface area contributed by atoms with Gasteiger partial charge in [0.15, 0.2) is 26.6 Å². The Kier molecular flexibility index (Phi) is 21.2. The summed E-state index contributed by atoms with van der Waals surface area (Å²) in [7, 11) is 0.528. The van der Waals surface area contributed by atoms with Gasteiger partial charge in [0.1, 0.15) is 47.1 Å². The Labute approximate surface area is 502 Å². The predicted octanol–water partition coefficient (Wildman–Crippen LogP) is 9.11. The van der Waals surface area contributed by atoms with Crippen molar-refractivity contribution < 1.29 is 56.9 Å². The predicted molar refractivity (Wildman–Crippen MR) is 326 cm³/mol. The lowest BCUT2D eigenvalue weighted by atomic mass is 9.97. The molecule has 86 heavy (non-hydrogen) atoms. The van der Waals surface area contributed by atoms with E-state index in [-0.39, 0.29) is 78.6 Å². The average Bonchev–Trinajstić information content (AvgIpc) is 1.22. The second-order valence-corrected chi connectivity index (χ2v) is 27.7. The van der Waals surface area contributed by atoms with Gasteiger partial charge in [-0.1, -0.05) is 76.6 Å². The Morgan fingerprint density at radius 3 is 2.30 bits per heavy atom. The van der Waals surface area contributed by atoms with Crippen LogP contribution in [0.5, 0.6) is 11.5 Å². The number of nitro groups is 1. The van der Waals surface area contributed by atoms with Crippen molar-refractivity contribution in [3.8, 4) is 11.5 Å². The van der Waals surface area contributed by atoms with Crippen molar-refractivity contribution >= 4 is 54.4 Å². The van der Waals surface area contributed by atoms with Gasteiger partial charge in [0.25, 0.3) is 11.6 Å². The number of allylic oxidation sites excluding steroid dienone is 1. The van der Waals surface area contributed by atoms with E-state index >= 15 is 0 Å². The van der Waals surface area contributed by atoms with Crippen LogP contribution in [0.1, 0.15) is 126 Å². The normalized spacial score (nSPS) is 19.0. The number of aromatic nitrogens is 6. The molecule has 3 aromatic heterocycles. The van der Waals surface area contributed by atoms with Crippen LogP contribution in [-0.4, -0.2) is 131 Å². The molecule has 0 bridgehead atoms. The molecule has 24 nitrogen and oxygen atoms in total. The van der Waals surface area contributed by atoms with Gasteiger partial charge >= 0.3 is 0 Å². The van der Waals surface area contributed by atoms with E-state index in [0.29, 0.717) is 29.0 Å². The Morgan fingerprint density at radius 2 is 1.63 bits per heavy atom. The highest BCUT2D eigenvalue weighted by Crippen LogP contribution is 2.43. The van der Waals surface area contributed by atoms with E-state index in [2.05, 4.69) is 75.1 Å². The van der Waals surface area contributed by atoms with Crippen molar-refractivity contribution in [1.82, 2.24) is 29.1 Å². The van der Waals surface area contributed by atoms with Crippen LogP contribution in [0.4, 0.5) is 17.3 Å². The molecule has 0 saturated carbocycles. The standard InChI is InChI=1S/C61H83N11O13Si/c1-12-44-42(38(4)68-70(44)13-2)25-18-15-20-28-71-46(31-37(3)67-71)57(75)66-60-65-43-32-40(55(62)73)35-48(78-8)51(43)69(60)27-21-19-26-64-50-45(72(76)77)33-41(56(63)74)34-47(50)80-29-22-30-81-54-53(85-86(10,11)61(5,6)7)52-49(83-59(54)79-9)36-82-58(84-52)39-23-16-14-17-24-39/h14,16-17,19,21,23-24,31-35,49,52-54,58-59,64H,12-13,15,18,20,22,25-30,36H2,1-11H3,(H2,62,73)(H2,63,74)(H,65,66,75)/b21-19+/t49-,52?,53+,54-,58?,59+/m1/s1. The monoisotopic (exact) mass is 1210 g/mol. The number of nitrogens with zero attached hydrogens (tertiary/aromatic N) is 7. The van der Waals surface area contributed by atoms with Crippen molar-refractivity contribution in [1.29, 1.82) is 0 Å². The maximum atomic E-state index is 14.2. The van der Waals surface area contributed by atoms with Crippen molar-refractivity contribution in [2.45, 2.75) is 162 Å². The summed E-state index contributed by atoms with van der Waals surface area (Å²) in [6.07, 6.45) is 4.39. The lowest BCUT2D eigenvalue weighted by molar-refractivity contribution is -0.384. The minimum absolute atomic E-state index is 0.00231. The molecule has 2 aliphatic heterocycles. The molecule has 464 valence electrons. The van der Waals surface area contributed by atoms with E-state index < -0.39 is 73.6 Å². The molecule has 8 rings (SSSR count). The maximum absolute atomic E-state index is 14.2. The van der Waals surface area contributed by atoms with Crippen LogP contribution in [0, 0.1) is 24.0 Å². The number of aryl methyl sites for hydroxylation is 4. The summed E-state index contributed by atoms with van der Waals surface area (Å²) in [5.41, 5.74) is 17.3. The summed E-state index contributed by atoms with van der Waals surface area (Å²) < 4.78 is 56.3. The minimum atomic E-state index is -2.46. The molecule has 0 spiro atoms. The summed E-state index contributed by atoms with van der Waals surface area (Å²) >= 11 is 0. The third kappa shape index (κ3) is 14.8. The third-order valence-corrected chi connectivity index (χ3v) is 20.5. The Bertz CT molecular complexity index is 3390. The number of primary amides is 2. The van der Waals surface area contributed by atoms with Gasteiger partial charge in [-0.2, -0.15) is 10.2 Å². The van der Waals surface area contributed by atoms with Gasteiger partial charge in [0, 0.05) is 68.2 Å². The number of nitrogens with one attached hydrogen (secondary N) is 2. The van der Waals surface area contributed by atoms with Crippen LogP contribution < -0.4 is 31.6 Å². The fourth-order valence-electron chi connectivity index (χ4n) is 10.7. The third-order valence-electron chi connectivity index (χ3n) is 16.1. The second-order valence-electron chi connectivity index (χ2n) is 23.0. The van der Waals surface area contributed by atoms with Gasteiger partial charge in [-0.05, 0) is 94.4 Å². The SMILES string of the molecule is CCc1c(CCCCCn2nc(C)cc2C(=O)Nc2nc3cc(C(N)=O)cc(OC)c3n2C/C=C/CNc2c(OCCCO[C@H]3[C@@H](OC)O[C@@H]4COC(c5ccccc5)OC4[C@@H]3O[Si](C)(C)C(C)(C)C)cc(C(N)=O)cc2[N+](=O)[O-])c(C)nn1CC. The smallest absolute Gasteiger partial charge is 0.296 e. The van der Waals surface area contributed by atoms with Crippen molar-refractivity contribution in [3.63, 3.8) is 0 Å². The molecule has 3 amide bonds. The number of ether oxygens (including phenoxy) is 7. The summed E-state index contributed by atoms with van der Waals surface area (Å²) in [6.45, 7) is 20.8. The molecular weight excluding hydrogens is 1120 g/mol. The number of nitrogens with two attached hydrogens (primary N) is 2. The van der Waals surface area contributed by atoms with E-state index in [1.54, 1.807) is 34.6 Å². The van der Waals surface area contributed by atoms with Crippen molar-refractivity contribution in [2.75, 3.05) is 51.2 Å². The van der Waals surface area contributed by atoms with E-state index in [0.717, 1.165) is 56.0 Å². The van der Waals surface area contributed by atoms with Crippen LogP contribution in [0.25, 0.3) is 11.0 Å². The molecule has 0 aliphatic carbocycles. The molecule has 2 unspecified atom stereocenters. The van der Waals surface area contributed by atoms with Crippen molar-refractivity contribution in [2.24, 2.45) is 11.5 Å². The minimum Gasteiger partial charge on any atom is -0.494 e. The first-order valence-corrected chi connectivity index (χ1v) is 32.2. The number of rotatable bonds is 29. The number of carbonyl (C=O) groups excluding carboxylic acids is 3. The number of benzene rings is 3. The number of imidazole rings is 1. The highest BCUT2D eigenvalue weighted by molar-refractivity contribution is 6.74. The van der Waals surface area contributed by atoms with E-state index in [4.69, 9.17) is 59.1 Å². The second kappa shape index (κ2) is 28.3. The molecule has 25 heteroatoms. The van der Waals surface area contributed by atoms with Crippen LogP contribution in [-0.2, 0) is 60.6 Å². The number of amides is 3. The number of hydrogen-bond acceptors (Lipinski definition) is 17. The lowest BCUT2D eigenvalue weighted by Crippen LogP contribution is -2.66. The van der Waals surface area contributed by atoms with E-state index in [1.807, 2.05) is 37.3 Å². The first kappa shape index (κ1) is 64.5. The van der Waals surface area contributed by atoms with Crippen molar-refractivity contribution in [3.05, 3.63) is 128 Å². The first-order chi connectivity index (χ1) is 41.1. The lowest BCUT2D eigenvalue weighted by Gasteiger charge is -2.51. The number of hydrogen-bond donors (Lipinski definition) is 4. The molecule has 3 aromatic carbocycles. The first-order valence-electron chi connectivity index (χ1n) is 29.3. The average molecular weight is 1210 g/mol. The molecule has 6 N–H and O–H groups in total. The molecule has 2 aliphatic rings. The quantitative estimate of drug-likeness (QED) is 0.0112. The zero-order valence-corrected chi connectivity index (χ0v) is 52.2. The number of nitro benzene ring substituents is 1. The maximum Gasteiger partial charge on any atom is 0.296 e. The zero-order valence-electron chi connectivity index (χ0n) is 51.2. The number of anilines is 2. The topological polar surface area (TPSA) is 298 Å². The molecule has 5 heterocycles. The summed E-state index contributed by atoms with van der Waals surface area (Å²) in [5, 5.41) is 27.9. The number of methoxy groups -OCH3 is 2. The Hall–Kier alpha value is -7.52. The van der Waals surface area contributed by atoms with Gasteiger partial charge < -0.3 is 58.9 Å². The Balaban J connectivity index is 0.959. The van der Waals surface area contributed by atoms with Crippen LogP contribution in [0.3, 0.4) is 0 Å². The van der Waals surface area contributed by atoms with E-state index in [9.17, 15) is 24.5 Å². The van der Waals surface area contributed by atoms with Crippen LogP contribution >= 0.6 is 0 Å². The Morgan fingerprint density at radius 1 is 0.895 bits per heavy atom. The molecule has 2 fully saturated rings. The zero-order chi connectivity index (χ0) is 62.0. The van der Waals surface area contributed by atoms with Gasteiger partial charge in [0.05, 0.1) is 48.8 Å². The highest BCUT2D eigenvalue weighted by Gasteiger charge is 2.54. The summed E-state index contributed by atoms with van der Waals surface area (Å²) in [5.74, 6) is -1.60. The van der Waals surface area contributed by atoms with Gasteiger partial charge in [-0.3, -0.25) is 39.2 Å².